The number of pyridine rings is 1. The van der Waals surface area contributed by atoms with Crippen LogP contribution in [0.1, 0.15) is 23.2 Å². The SMILES string of the molecule is Cc1ccn2c(CCCN)c(-c3ccc(F)c(C)c3)nc2c1. The third-order valence-electron chi connectivity index (χ3n) is 3.93. The van der Waals surface area contributed by atoms with Gasteiger partial charge in [-0.1, -0.05) is 0 Å². The molecule has 0 radical (unpaired) electrons. The van der Waals surface area contributed by atoms with Crippen molar-refractivity contribution in [2.45, 2.75) is 26.7 Å². The molecule has 2 aromatic heterocycles. The number of fused-ring (bicyclic) bond motifs is 1. The van der Waals surface area contributed by atoms with E-state index in [1.54, 1.807) is 13.0 Å². The first-order chi connectivity index (χ1) is 10.6. The number of hydrogen-bond acceptors (Lipinski definition) is 2. The fourth-order valence-corrected chi connectivity index (χ4v) is 2.73. The average molecular weight is 297 g/mol. The van der Waals surface area contributed by atoms with Crippen molar-refractivity contribution in [3.05, 3.63) is 59.2 Å². The minimum Gasteiger partial charge on any atom is -0.330 e. The van der Waals surface area contributed by atoms with Gasteiger partial charge in [-0.05, 0) is 74.7 Å². The molecule has 4 heteroatoms. The molecule has 2 heterocycles. The highest BCUT2D eigenvalue weighted by Gasteiger charge is 2.14. The van der Waals surface area contributed by atoms with Crippen molar-refractivity contribution in [1.29, 1.82) is 0 Å². The molecular weight excluding hydrogens is 277 g/mol. The third-order valence-corrected chi connectivity index (χ3v) is 3.93. The van der Waals surface area contributed by atoms with Crippen molar-refractivity contribution < 1.29 is 4.39 Å². The van der Waals surface area contributed by atoms with Gasteiger partial charge >= 0.3 is 0 Å². The lowest BCUT2D eigenvalue weighted by Gasteiger charge is -2.06. The number of imidazole rings is 1. The predicted octanol–water partition coefficient (Wildman–Crippen LogP) is 3.65. The number of hydrogen-bond donors (Lipinski definition) is 1. The highest BCUT2D eigenvalue weighted by atomic mass is 19.1. The van der Waals surface area contributed by atoms with Crippen LogP contribution in [-0.2, 0) is 6.42 Å². The Bertz CT molecular complexity index is 821. The van der Waals surface area contributed by atoms with Crippen LogP contribution in [0, 0.1) is 19.7 Å². The van der Waals surface area contributed by atoms with E-state index in [0.717, 1.165) is 35.4 Å². The first kappa shape index (κ1) is 14.7. The molecule has 3 rings (SSSR count). The molecule has 0 amide bonds. The Morgan fingerprint density at radius 1 is 1.18 bits per heavy atom. The Morgan fingerprint density at radius 3 is 2.73 bits per heavy atom. The van der Waals surface area contributed by atoms with E-state index in [-0.39, 0.29) is 5.82 Å². The largest absolute Gasteiger partial charge is 0.330 e. The molecular formula is C18H20FN3. The Hall–Kier alpha value is -2.20. The van der Waals surface area contributed by atoms with Crippen LogP contribution in [0.4, 0.5) is 4.39 Å². The maximum atomic E-state index is 13.5. The van der Waals surface area contributed by atoms with Gasteiger partial charge in [-0.15, -0.1) is 0 Å². The smallest absolute Gasteiger partial charge is 0.137 e. The monoisotopic (exact) mass is 297 g/mol. The molecule has 0 atom stereocenters. The standard InChI is InChI=1S/C18H20FN3/c1-12-7-9-22-16(4-3-8-20)18(21-17(22)10-12)14-5-6-15(19)13(2)11-14/h5-7,9-11H,3-4,8,20H2,1-2H3. The van der Waals surface area contributed by atoms with E-state index >= 15 is 0 Å². The first-order valence-electron chi connectivity index (χ1n) is 7.54. The fourth-order valence-electron chi connectivity index (χ4n) is 2.73. The van der Waals surface area contributed by atoms with E-state index in [2.05, 4.69) is 23.5 Å². The molecule has 0 bridgehead atoms. The van der Waals surface area contributed by atoms with Crippen molar-refractivity contribution in [2.24, 2.45) is 5.73 Å². The van der Waals surface area contributed by atoms with E-state index in [0.29, 0.717) is 12.1 Å². The summed E-state index contributed by atoms with van der Waals surface area (Å²) in [5.74, 6) is -0.188. The van der Waals surface area contributed by atoms with Gasteiger partial charge in [0, 0.05) is 11.8 Å². The first-order valence-corrected chi connectivity index (χ1v) is 7.54. The molecule has 2 N–H and O–H groups in total. The Kier molecular flexibility index (Phi) is 3.94. The Balaban J connectivity index is 2.19. The van der Waals surface area contributed by atoms with Crippen LogP contribution in [-0.4, -0.2) is 15.9 Å². The van der Waals surface area contributed by atoms with E-state index in [1.165, 1.54) is 11.6 Å². The number of rotatable bonds is 4. The molecule has 0 spiro atoms. The van der Waals surface area contributed by atoms with E-state index in [1.807, 2.05) is 12.3 Å². The van der Waals surface area contributed by atoms with Crippen LogP contribution >= 0.6 is 0 Å². The van der Waals surface area contributed by atoms with Gasteiger partial charge in [-0.2, -0.15) is 0 Å². The maximum Gasteiger partial charge on any atom is 0.137 e. The molecule has 0 saturated heterocycles. The summed E-state index contributed by atoms with van der Waals surface area (Å²) in [6, 6.07) is 9.29. The minimum absolute atomic E-state index is 0.188. The maximum absolute atomic E-state index is 13.5. The van der Waals surface area contributed by atoms with Crippen LogP contribution in [0.25, 0.3) is 16.9 Å². The van der Waals surface area contributed by atoms with Crippen molar-refractivity contribution in [3.63, 3.8) is 0 Å². The lowest BCUT2D eigenvalue weighted by atomic mass is 10.0. The van der Waals surface area contributed by atoms with Crippen molar-refractivity contribution in [2.75, 3.05) is 6.54 Å². The highest BCUT2D eigenvalue weighted by Crippen LogP contribution is 2.27. The van der Waals surface area contributed by atoms with Crippen molar-refractivity contribution in [1.82, 2.24) is 9.38 Å². The molecule has 3 nitrogen and oxygen atoms in total. The topological polar surface area (TPSA) is 43.3 Å². The molecule has 0 aliphatic heterocycles. The summed E-state index contributed by atoms with van der Waals surface area (Å²) >= 11 is 0. The quantitative estimate of drug-likeness (QED) is 0.799. The number of nitrogens with zero attached hydrogens (tertiary/aromatic N) is 2. The van der Waals surface area contributed by atoms with Gasteiger partial charge in [0.15, 0.2) is 0 Å². The molecule has 0 saturated carbocycles. The van der Waals surface area contributed by atoms with Gasteiger partial charge in [0.1, 0.15) is 11.5 Å². The zero-order valence-corrected chi connectivity index (χ0v) is 12.9. The van der Waals surface area contributed by atoms with Crippen LogP contribution in [0.15, 0.2) is 36.5 Å². The van der Waals surface area contributed by atoms with Gasteiger partial charge in [0.2, 0.25) is 0 Å². The second kappa shape index (κ2) is 5.89. The zero-order valence-electron chi connectivity index (χ0n) is 12.9. The number of benzene rings is 1. The lowest BCUT2D eigenvalue weighted by molar-refractivity contribution is 0.618. The number of aromatic nitrogens is 2. The fraction of sp³-hybridized carbons (Fsp3) is 0.278. The molecule has 1 aromatic carbocycles. The lowest BCUT2D eigenvalue weighted by Crippen LogP contribution is -2.03. The summed E-state index contributed by atoms with van der Waals surface area (Å²) in [7, 11) is 0. The zero-order chi connectivity index (χ0) is 15.7. The van der Waals surface area contributed by atoms with E-state index in [4.69, 9.17) is 10.7 Å². The van der Waals surface area contributed by atoms with E-state index in [9.17, 15) is 4.39 Å². The van der Waals surface area contributed by atoms with Crippen LogP contribution in [0.3, 0.4) is 0 Å². The Morgan fingerprint density at radius 2 is 2.00 bits per heavy atom. The van der Waals surface area contributed by atoms with Gasteiger partial charge in [-0.25, -0.2) is 9.37 Å². The van der Waals surface area contributed by atoms with E-state index < -0.39 is 0 Å². The van der Waals surface area contributed by atoms with Gasteiger partial charge in [-0.3, -0.25) is 0 Å². The summed E-state index contributed by atoms with van der Waals surface area (Å²) in [5.41, 5.74) is 11.4. The summed E-state index contributed by atoms with van der Waals surface area (Å²) in [6.07, 6.45) is 3.80. The summed E-state index contributed by atoms with van der Waals surface area (Å²) in [4.78, 5) is 4.77. The second-order valence-corrected chi connectivity index (χ2v) is 5.70. The molecule has 22 heavy (non-hydrogen) atoms. The average Bonchev–Trinajstić information content (AvgIpc) is 2.85. The Labute approximate surface area is 129 Å². The van der Waals surface area contributed by atoms with Crippen LogP contribution in [0.5, 0.6) is 0 Å². The highest BCUT2D eigenvalue weighted by molar-refractivity contribution is 5.67. The van der Waals surface area contributed by atoms with Crippen molar-refractivity contribution in [3.8, 4) is 11.3 Å². The molecule has 0 aliphatic rings. The number of nitrogens with two attached hydrogens (primary N) is 1. The number of aryl methyl sites for hydroxylation is 3. The summed E-state index contributed by atoms with van der Waals surface area (Å²) < 4.78 is 15.6. The van der Waals surface area contributed by atoms with Gasteiger partial charge in [0.05, 0.1) is 11.4 Å². The normalized spacial score (nSPS) is 11.3. The molecule has 0 unspecified atom stereocenters. The second-order valence-electron chi connectivity index (χ2n) is 5.70. The van der Waals surface area contributed by atoms with Crippen LogP contribution < -0.4 is 5.73 Å². The van der Waals surface area contributed by atoms with Gasteiger partial charge < -0.3 is 10.1 Å². The predicted molar refractivity (Wildman–Crippen MR) is 87.4 cm³/mol. The third kappa shape index (κ3) is 2.62. The molecule has 0 fully saturated rings. The summed E-state index contributed by atoms with van der Waals surface area (Å²) in [6.45, 7) is 4.47. The van der Waals surface area contributed by atoms with Crippen molar-refractivity contribution >= 4 is 5.65 Å². The minimum atomic E-state index is -0.188. The summed E-state index contributed by atoms with van der Waals surface area (Å²) in [5, 5.41) is 0. The number of halogens is 1. The molecule has 0 aliphatic carbocycles. The van der Waals surface area contributed by atoms with Gasteiger partial charge in [0.25, 0.3) is 0 Å². The molecule has 3 aromatic rings. The molecule has 114 valence electrons. The van der Waals surface area contributed by atoms with Crippen LogP contribution in [0.2, 0.25) is 0 Å².